The summed E-state index contributed by atoms with van der Waals surface area (Å²) in [6, 6.07) is 3.80. The predicted octanol–water partition coefficient (Wildman–Crippen LogP) is 4.81. The molecule has 1 amide bonds. The first-order valence-electron chi connectivity index (χ1n) is 8.35. The SMILES string of the molecule is Cc1ccc(C(=O)CC2CCCCCN2C(=O)OC(C)(C)C)s1. The van der Waals surface area contributed by atoms with Crippen molar-refractivity contribution in [1.82, 2.24) is 4.90 Å². The molecule has 1 atom stereocenters. The van der Waals surface area contributed by atoms with E-state index < -0.39 is 5.60 Å². The fourth-order valence-corrected chi connectivity index (χ4v) is 3.67. The maximum Gasteiger partial charge on any atom is 0.410 e. The first-order chi connectivity index (χ1) is 10.8. The normalized spacial score (nSPS) is 19.3. The van der Waals surface area contributed by atoms with Gasteiger partial charge in [0.15, 0.2) is 5.78 Å². The molecule has 4 nitrogen and oxygen atoms in total. The highest BCUT2D eigenvalue weighted by Crippen LogP contribution is 2.25. The molecule has 0 aromatic carbocycles. The van der Waals surface area contributed by atoms with Gasteiger partial charge in [0.1, 0.15) is 5.60 Å². The zero-order chi connectivity index (χ0) is 17.0. The molecule has 0 saturated carbocycles. The number of aryl methyl sites for hydroxylation is 1. The number of hydrogen-bond acceptors (Lipinski definition) is 4. The van der Waals surface area contributed by atoms with Gasteiger partial charge in [-0.3, -0.25) is 4.79 Å². The number of amides is 1. The van der Waals surface area contributed by atoms with Gasteiger partial charge in [-0.25, -0.2) is 4.79 Å². The average molecular weight is 337 g/mol. The fraction of sp³-hybridized carbons (Fsp3) is 0.667. The molecule has 1 aliphatic rings. The Morgan fingerprint density at radius 3 is 2.61 bits per heavy atom. The van der Waals surface area contributed by atoms with Crippen molar-refractivity contribution in [3.63, 3.8) is 0 Å². The van der Waals surface area contributed by atoms with E-state index in [2.05, 4.69) is 0 Å². The summed E-state index contributed by atoms with van der Waals surface area (Å²) in [5.74, 6) is 0.128. The molecule has 2 heterocycles. The molecule has 5 heteroatoms. The van der Waals surface area contributed by atoms with Crippen molar-refractivity contribution in [3.05, 3.63) is 21.9 Å². The number of ether oxygens (including phenoxy) is 1. The second kappa shape index (κ2) is 7.47. The molecule has 0 spiro atoms. The van der Waals surface area contributed by atoms with Gasteiger partial charge in [-0.05, 0) is 52.7 Å². The van der Waals surface area contributed by atoms with Gasteiger partial charge in [0.2, 0.25) is 0 Å². The molecular formula is C18H27NO3S. The second-order valence-corrected chi connectivity index (χ2v) is 8.50. The second-order valence-electron chi connectivity index (χ2n) is 7.21. The van der Waals surface area contributed by atoms with E-state index >= 15 is 0 Å². The maximum atomic E-state index is 12.5. The quantitative estimate of drug-likeness (QED) is 0.744. The molecule has 1 fully saturated rings. The van der Waals surface area contributed by atoms with Crippen LogP contribution in [0.15, 0.2) is 12.1 Å². The predicted molar refractivity (Wildman–Crippen MR) is 93.2 cm³/mol. The lowest BCUT2D eigenvalue weighted by Gasteiger charge is -2.32. The molecule has 2 rings (SSSR count). The third kappa shape index (κ3) is 5.34. The Morgan fingerprint density at radius 2 is 2.00 bits per heavy atom. The van der Waals surface area contributed by atoms with E-state index in [-0.39, 0.29) is 17.9 Å². The number of thiophene rings is 1. The summed E-state index contributed by atoms with van der Waals surface area (Å²) in [4.78, 5) is 28.7. The molecule has 1 unspecified atom stereocenters. The van der Waals surface area contributed by atoms with Gasteiger partial charge in [0.25, 0.3) is 0 Å². The van der Waals surface area contributed by atoms with E-state index in [0.717, 1.165) is 35.4 Å². The molecule has 1 aliphatic heterocycles. The molecular weight excluding hydrogens is 310 g/mol. The fourth-order valence-electron chi connectivity index (χ4n) is 2.85. The topological polar surface area (TPSA) is 46.6 Å². The monoisotopic (exact) mass is 337 g/mol. The number of likely N-dealkylation sites (tertiary alicyclic amines) is 1. The molecule has 1 aromatic rings. The largest absolute Gasteiger partial charge is 0.444 e. The smallest absolute Gasteiger partial charge is 0.410 e. The number of rotatable bonds is 3. The van der Waals surface area contributed by atoms with Crippen molar-refractivity contribution < 1.29 is 14.3 Å². The molecule has 128 valence electrons. The van der Waals surface area contributed by atoms with Crippen LogP contribution in [0.4, 0.5) is 4.79 Å². The molecule has 1 saturated heterocycles. The minimum Gasteiger partial charge on any atom is -0.444 e. The third-order valence-corrected chi connectivity index (χ3v) is 4.98. The van der Waals surface area contributed by atoms with Crippen molar-refractivity contribution >= 4 is 23.2 Å². The van der Waals surface area contributed by atoms with Gasteiger partial charge in [-0.15, -0.1) is 11.3 Å². The lowest BCUT2D eigenvalue weighted by Crippen LogP contribution is -2.44. The molecule has 1 aromatic heterocycles. The summed E-state index contributed by atoms with van der Waals surface area (Å²) in [6.45, 7) is 8.29. The Hall–Kier alpha value is -1.36. The lowest BCUT2D eigenvalue weighted by atomic mass is 10.0. The van der Waals surface area contributed by atoms with Crippen LogP contribution in [0.2, 0.25) is 0 Å². The van der Waals surface area contributed by atoms with Crippen LogP contribution >= 0.6 is 11.3 Å². The van der Waals surface area contributed by atoms with Crippen molar-refractivity contribution in [2.24, 2.45) is 0 Å². The number of carbonyl (C=O) groups excluding carboxylic acids is 2. The zero-order valence-electron chi connectivity index (χ0n) is 14.6. The molecule has 0 radical (unpaired) electrons. The van der Waals surface area contributed by atoms with Crippen molar-refractivity contribution in [2.75, 3.05) is 6.54 Å². The number of carbonyl (C=O) groups is 2. The summed E-state index contributed by atoms with van der Waals surface area (Å²) in [5, 5.41) is 0. The van der Waals surface area contributed by atoms with Crippen LogP contribution in [0.5, 0.6) is 0 Å². The van der Waals surface area contributed by atoms with E-state index in [0.29, 0.717) is 13.0 Å². The van der Waals surface area contributed by atoms with Crippen LogP contribution in [0, 0.1) is 6.92 Å². The number of Topliss-reactive ketones (excluding diaryl/α,β-unsaturated/α-hetero) is 1. The van der Waals surface area contributed by atoms with E-state index in [1.54, 1.807) is 4.90 Å². The van der Waals surface area contributed by atoms with Crippen molar-refractivity contribution in [2.45, 2.75) is 71.4 Å². The number of ketones is 1. The lowest BCUT2D eigenvalue weighted by molar-refractivity contribution is 0.0162. The van der Waals surface area contributed by atoms with E-state index in [9.17, 15) is 9.59 Å². The standard InChI is InChI=1S/C18H27NO3S/c1-13-9-10-16(23-13)15(20)12-14-8-6-5-7-11-19(14)17(21)22-18(2,3)4/h9-10,14H,5-8,11-12H2,1-4H3. The van der Waals surface area contributed by atoms with Gasteiger partial charge in [0.05, 0.1) is 4.88 Å². The minimum absolute atomic E-state index is 0.0535. The van der Waals surface area contributed by atoms with Gasteiger partial charge in [-0.2, -0.15) is 0 Å². The minimum atomic E-state index is -0.511. The van der Waals surface area contributed by atoms with E-state index in [1.807, 2.05) is 39.8 Å². The Balaban J connectivity index is 2.08. The van der Waals surface area contributed by atoms with Gasteiger partial charge >= 0.3 is 6.09 Å². The first-order valence-corrected chi connectivity index (χ1v) is 9.17. The van der Waals surface area contributed by atoms with E-state index in [4.69, 9.17) is 4.74 Å². The van der Waals surface area contributed by atoms with Crippen LogP contribution in [0.1, 0.15) is 67.4 Å². The molecule has 23 heavy (non-hydrogen) atoms. The molecule has 0 N–H and O–H groups in total. The van der Waals surface area contributed by atoms with Crippen LogP contribution in [0.25, 0.3) is 0 Å². The third-order valence-electron chi connectivity index (χ3n) is 3.94. The Bertz CT molecular complexity index is 559. The number of nitrogens with zero attached hydrogens (tertiary/aromatic N) is 1. The Kier molecular flexibility index (Phi) is 5.84. The van der Waals surface area contributed by atoms with Crippen LogP contribution < -0.4 is 0 Å². The van der Waals surface area contributed by atoms with Crippen LogP contribution in [-0.4, -0.2) is 35.0 Å². The van der Waals surface area contributed by atoms with Crippen molar-refractivity contribution in [3.8, 4) is 0 Å². The van der Waals surface area contributed by atoms with Gasteiger partial charge in [-0.1, -0.05) is 12.8 Å². The van der Waals surface area contributed by atoms with Crippen molar-refractivity contribution in [1.29, 1.82) is 0 Å². The van der Waals surface area contributed by atoms with Gasteiger partial charge in [0, 0.05) is 23.9 Å². The summed E-state index contributed by atoms with van der Waals surface area (Å²) < 4.78 is 5.53. The highest BCUT2D eigenvalue weighted by atomic mass is 32.1. The summed E-state index contributed by atoms with van der Waals surface area (Å²) >= 11 is 1.53. The Labute approximate surface area is 142 Å². The maximum absolute atomic E-state index is 12.5. The molecule has 0 bridgehead atoms. The summed E-state index contributed by atoms with van der Waals surface area (Å²) in [6.07, 6.45) is 4.10. The summed E-state index contributed by atoms with van der Waals surface area (Å²) in [5.41, 5.74) is -0.511. The molecule has 0 aliphatic carbocycles. The van der Waals surface area contributed by atoms with Gasteiger partial charge < -0.3 is 9.64 Å². The average Bonchev–Trinajstić information content (AvgIpc) is 2.73. The highest BCUT2D eigenvalue weighted by molar-refractivity contribution is 7.14. The number of hydrogen-bond donors (Lipinski definition) is 0. The first kappa shape index (κ1) is 18.0. The Morgan fingerprint density at radius 1 is 1.26 bits per heavy atom. The highest BCUT2D eigenvalue weighted by Gasteiger charge is 2.31. The van der Waals surface area contributed by atoms with Crippen LogP contribution in [-0.2, 0) is 4.74 Å². The van der Waals surface area contributed by atoms with Crippen LogP contribution in [0.3, 0.4) is 0 Å². The van der Waals surface area contributed by atoms with E-state index in [1.165, 1.54) is 11.3 Å². The summed E-state index contributed by atoms with van der Waals surface area (Å²) in [7, 11) is 0. The zero-order valence-corrected chi connectivity index (χ0v) is 15.4.